The zero-order valence-electron chi connectivity index (χ0n) is 12.9. The van der Waals surface area contributed by atoms with Crippen LogP contribution in [0.4, 0.5) is 0 Å². The Kier molecular flexibility index (Phi) is 3.98. The van der Waals surface area contributed by atoms with Gasteiger partial charge in [-0.25, -0.2) is 0 Å². The van der Waals surface area contributed by atoms with E-state index < -0.39 is 0 Å². The topological polar surface area (TPSA) is 43.2 Å². The Bertz CT molecular complexity index is 620. The van der Waals surface area contributed by atoms with Crippen LogP contribution in [0, 0.1) is 5.92 Å². The average molecular weight is 318 g/mol. The highest BCUT2D eigenvalue weighted by Gasteiger charge is 2.31. The highest BCUT2D eigenvalue weighted by Crippen LogP contribution is 2.31. The van der Waals surface area contributed by atoms with Crippen LogP contribution >= 0.6 is 11.3 Å². The molecule has 118 valence electrons. The van der Waals surface area contributed by atoms with Crippen molar-refractivity contribution in [1.82, 2.24) is 19.9 Å². The van der Waals surface area contributed by atoms with Crippen LogP contribution in [0.3, 0.4) is 0 Å². The lowest BCUT2D eigenvalue weighted by atomic mass is 9.99. The Labute approximate surface area is 134 Å². The maximum absolute atomic E-state index is 5.97. The van der Waals surface area contributed by atoms with E-state index in [1.54, 1.807) is 0 Å². The summed E-state index contributed by atoms with van der Waals surface area (Å²) in [5.41, 5.74) is 2.38. The van der Waals surface area contributed by atoms with Gasteiger partial charge in [0, 0.05) is 44.1 Å². The van der Waals surface area contributed by atoms with E-state index in [9.17, 15) is 0 Å². The first kappa shape index (κ1) is 14.4. The molecule has 0 saturated heterocycles. The molecule has 1 atom stereocenters. The third-order valence-electron chi connectivity index (χ3n) is 4.51. The van der Waals surface area contributed by atoms with Gasteiger partial charge in [-0.3, -0.25) is 9.58 Å². The van der Waals surface area contributed by atoms with Gasteiger partial charge in [-0.15, -0.1) is 16.4 Å². The fourth-order valence-electron chi connectivity index (χ4n) is 3.23. The smallest absolute Gasteiger partial charge is 0.100 e. The molecule has 22 heavy (non-hydrogen) atoms. The molecule has 0 aromatic carbocycles. The lowest BCUT2D eigenvalue weighted by molar-refractivity contribution is 0.0868. The van der Waals surface area contributed by atoms with Gasteiger partial charge in [-0.2, -0.15) is 0 Å². The van der Waals surface area contributed by atoms with E-state index in [1.807, 2.05) is 23.1 Å². The lowest BCUT2D eigenvalue weighted by Gasteiger charge is -2.31. The van der Waals surface area contributed by atoms with E-state index in [4.69, 9.17) is 4.74 Å². The molecule has 5 nitrogen and oxygen atoms in total. The molecule has 2 aliphatic rings. The molecule has 2 aromatic rings. The van der Waals surface area contributed by atoms with Gasteiger partial charge in [-0.05, 0) is 30.2 Å². The van der Waals surface area contributed by atoms with E-state index in [1.165, 1.54) is 23.4 Å². The van der Waals surface area contributed by atoms with E-state index in [0.717, 1.165) is 44.5 Å². The molecule has 1 fully saturated rings. The summed E-state index contributed by atoms with van der Waals surface area (Å²) < 4.78 is 7.90. The second-order valence-electron chi connectivity index (χ2n) is 6.47. The first-order chi connectivity index (χ1) is 10.8. The van der Waals surface area contributed by atoms with Crippen LogP contribution in [0.2, 0.25) is 0 Å². The average Bonchev–Trinajstić information content (AvgIpc) is 3.04. The molecule has 2 aromatic heterocycles. The molecule has 1 unspecified atom stereocenters. The van der Waals surface area contributed by atoms with Gasteiger partial charge < -0.3 is 4.74 Å². The summed E-state index contributed by atoms with van der Waals surface area (Å²) in [4.78, 5) is 3.87. The highest BCUT2D eigenvalue weighted by molar-refractivity contribution is 7.09. The monoisotopic (exact) mass is 318 g/mol. The number of ether oxygens (including phenoxy) is 1. The summed E-state index contributed by atoms with van der Waals surface area (Å²) in [6, 6.07) is 4.32. The third kappa shape index (κ3) is 3.09. The van der Waals surface area contributed by atoms with Crippen molar-refractivity contribution in [1.29, 1.82) is 0 Å². The van der Waals surface area contributed by atoms with Crippen molar-refractivity contribution in [3.63, 3.8) is 0 Å². The van der Waals surface area contributed by atoms with Gasteiger partial charge in [0.25, 0.3) is 0 Å². The summed E-state index contributed by atoms with van der Waals surface area (Å²) in [5.74, 6) is 1.19. The van der Waals surface area contributed by atoms with Crippen molar-refractivity contribution in [2.45, 2.75) is 31.8 Å². The first-order valence-electron chi connectivity index (χ1n) is 8.00. The van der Waals surface area contributed by atoms with Crippen molar-refractivity contribution in [3.05, 3.63) is 33.8 Å². The maximum Gasteiger partial charge on any atom is 0.100 e. The predicted octanol–water partition coefficient (Wildman–Crippen LogP) is 2.40. The van der Waals surface area contributed by atoms with Crippen LogP contribution in [0.5, 0.6) is 0 Å². The number of rotatable bonds is 6. The van der Waals surface area contributed by atoms with Crippen LogP contribution < -0.4 is 0 Å². The summed E-state index contributed by atoms with van der Waals surface area (Å²) in [6.45, 7) is 4.61. The second-order valence-corrected chi connectivity index (χ2v) is 7.50. The summed E-state index contributed by atoms with van der Waals surface area (Å²) in [7, 11) is 1.99. The molecule has 1 aliphatic carbocycles. The fourth-order valence-corrected chi connectivity index (χ4v) is 3.98. The molecule has 0 N–H and O–H groups in total. The van der Waals surface area contributed by atoms with Crippen LogP contribution in [-0.4, -0.2) is 39.7 Å². The van der Waals surface area contributed by atoms with Gasteiger partial charge in [0.2, 0.25) is 0 Å². The number of hydrogen-bond donors (Lipinski definition) is 0. The molecule has 0 bridgehead atoms. The minimum absolute atomic E-state index is 0.377. The lowest BCUT2D eigenvalue weighted by Crippen LogP contribution is -2.35. The van der Waals surface area contributed by atoms with Crippen LogP contribution in [0.25, 0.3) is 0 Å². The van der Waals surface area contributed by atoms with Gasteiger partial charge in [0.1, 0.15) is 5.69 Å². The minimum atomic E-state index is 0.377. The summed E-state index contributed by atoms with van der Waals surface area (Å²) in [6.07, 6.45) is 2.68. The number of hydrogen-bond acceptors (Lipinski definition) is 5. The maximum atomic E-state index is 5.97. The van der Waals surface area contributed by atoms with Crippen molar-refractivity contribution in [2.75, 3.05) is 19.8 Å². The number of aromatic nitrogens is 3. The SMILES string of the molecule is Cn1nnc2c1C(COCC1CC1)CN(Cc1cccs1)C2. The Morgan fingerprint density at radius 3 is 3.05 bits per heavy atom. The largest absolute Gasteiger partial charge is 0.380 e. The molecular formula is C16H22N4OS. The van der Waals surface area contributed by atoms with Crippen LogP contribution in [0.1, 0.15) is 35.0 Å². The molecule has 4 rings (SSSR count). The highest BCUT2D eigenvalue weighted by atomic mass is 32.1. The Morgan fingerprint density at radius 1 is 1.36 bits per heavy atom. The third-order valence-corrected chi connectivity index (χ3v) is 5.37. The molecule has 0 spiro atoms. The standard InChI is InChI=1S/C16H22N4OS/c1-19-16-13(11-21-10-12-4-5-12)7-20(9-15(16)17-18-19)8-14-3-2-6-22-14/h2-3,6,12-13H,4-5,7-11H2,1H3. The van der Waals surface area contributed by atoms with Crippen molar-refractivity contribution in [3.8, 4) is 0 Å². The molecule has 1 saturated carbocycles. The molecule has 3 heterocycles. The zero-order chi connectivity index (χ0) is 14.9. The normalized spacial score (nSPS) is 22.0. The van der Waals surface area contributed by atoms with Crippen molar-refractivity contribution in [2.24, 2.45) is 13.0 Å². The number of thiophene rings is 1. The molecule has 0 radical (unpaired) electrons. The Morgan fingerprint density at radius 2 is 2.27 bits per heavy atom. The number of fused-ring (bicyclic) bond motifs is 1. The van der Waals surface area contributed by atoms with E-state index in [-0.39, 0.29) is 0 Å². The van der Waals surface area contributed by atoms with Crippen molar-refractivity contribution < 1.29 is 4.74 Å². The van der Waals surface area contributed by atoms with Gasteiger partial charge in [0.05, 0.1) is 12.3 Å². The van der Waals surface area contributed by atoms with E-state index >= 15 is 0 Å². The molecule has 0 amide bonds. The number of aryl methyl sites for hydroxylation is 1. The summed E-state index contributed by atoms with van der Waals surface area (Å²) >= 11 is 1.82. The molecular weight excluding hydrogens is 296 g/mol. The van der Waals surface area contributed by atoms with Crippen LogP contribution in [-0.2, 0) is 24.9 Å². The van der Waals surface area contributed by atoms with Gasteiger partial charge in [0.15, 0.2) is 0 Å². The quantitative estimate of drug-likeness (QED) is 0.820. The zero-order valence-corrected chi connectivity index (χ0v) is 13.8. The van der Waals surface area contributed by atoms with Crippen LogP contribution in [0.15, 0.2) is 17.5 Å². The Hall–Kier alpha value is -1.24. The number of nitrogens with zero attached hydrogens (tertiary/aromatic N) is 4. The molecule has 6 heteroatoms. The summed E-state index contributed by atoms with van der Waals surface area (Å²) in [5, 5.41) is 10.7. The van der Waals surface area contributed by atoms with Gasteiger partial charge >= 0.3 is 0 Å². The second kappa shape index (κ2) is 6.10. The molecule has 1 aliphatic heterocycles. The first-order valence-corrected chi connectivity index (χ1v) is 8.88. The van der Waals surface area contributed by atoms with Gasteiger partial charge in [-0.1, -0.05) is 11.3 Å². The Balaban J connectivity index is 1.46. The fraction of sp³-hybridized carbons (Fsp3) is 0.625. The van der Waals surface area contributed by atoms with E-state index in [0.29, 0.717) is 5.92 Å². The predicted molar refractivity (Wildman–Crippen MR) is 85.7 cm³/mol. The minimum Gasteiger partial charge on any atom is -0.380 e. The van der Waals surface area contributed by atoms with E-state index in [2.05, 4.69) is 32.7 Å². The van der Waals surface area contributed by atoms with Crippen molar-refractivity contribution >= 4 is 11.3 Å².